The molecular weight excluding hydrogens is 470 g/mol. The molecular formula is C29H35N3O5. The first-order valence-corrected chi connectivity index (χ1v) is 12.1. The summed E-state index contributed by atoms with van der Waals surface area (Å²) in [4.78, 5) is 38.0. The van der Waals surface area contributed by atoms with Gasteiger partial charge in [0.1, 0.15) is 17.0 Å². The Bertz CT molecular complexity index is 1290. The third kappa shape index (κ3) is 8.05. The number of nitrogens with one attached hydrogen (secondary N) is 1. The topological polar surface area (TPSA) is 113 Å². The molecule has 0 radical (unpaired) electrons. The molecule has 2 aromatic carbocycles. The molecule has 0 unspecified atom stereocenters. The summed E-state index contributed by atoms with van der Waals surface area (Å²) in [6, 6.07) is 15.7. The number of hydrogen-bond acceptors (Lipinski definition) is 6. The predicted octanol–water partition coefficient (Wildman–Crippen LogP) is 3.61. The van der Waals surface area contributed by atoms with E-state index in [1.54, 1.807) is 30.9 Å². The summed E-state index contributed by atoms with van der Waals surface area (Å²) in [5, 5.41) is 2.72. The molecule has 8 heteroatoms. The smallest absolute Gasteiger partial charge is 0.310 e. The number of benzene rings is 2. The van der Waals surface area contributed by atoms with Crippen LogP contribution < -0.4 is 21.3 Å². The predicted molar refractivity (Wildman–Crippen MR) is 144 cm³/mol. The van der Waals surface area contributed by atoms with E-state index in [-0.39, 0.29) is 30.1 Å². The normalized spacial score (nSPS) is 12.1. The Labute approximate surface area is 217 Å². The lowest BCUT2D eigenvalue weighted by atomic mass is 10.0. The minimum Gasteiger partial charge on any atom is -0.497 e. The molecule has 3 rings (SSSR count). The summed E-state index contributed by atoms with van der Waals surface area (Å²) < 4.78 is 12.1. The highest BCUT2D eigenvalue weighted by Gasteiger charge is 2.19. The van der Waals surface area contributed by atoms with Crippen LogP contribution in [0, 0.1) is 6.92 Å². The zero-order chi connectivity index (χ0) is 27.2. The van der Waals surface area contributed by atoms with Gasteiger partial charge in [0, 0.05) is 6.20 Å². The highest BCUT2D eigenvalue weighted by atomic mass is 16.6. The SMILES string of the molecule is COc1ccc(Cn2ccc(C)c(NC(=O)[C@@H](N)Cc3ccc(CC(=O)OC(C)(C)C)cc3)c2=O)cc1. The number of hydrogen-bond donors (Lipinski definition) is 2. The number of rotatable bonds is 9. The molecule has 1 heterocycles. The van der Waals surface area contributed by atoms with E-state index in [4.69, 9.17) is 15.2 Å². The van der Waals surface area contributed by atoms with Crippen molar-refractivity contribution in [1.29, 1.82) is 0 Å². The van der Waals surface area contributed by atoms with Gasteiger partial charge in [0.05, 0.1) is 26.1 Å². The van der Waals surface area contributed by atoms with Gasteiger partial charge in [0.15, 0.2) is 0 Å². The van der Waals surface area contributed by atoms with Crippen molar-refractivity contribution in [2.45, 2.75) is 58.7 Å². The second-order valence-electron chi connectivity index (χ2n) is 10.0. The number of methoxy groups -OCH3 is 1. The van der Waals surface area contributed by atoms with E-state index < -0.39 is 17.6 Å². The Morgan fingerprint density at radius 3 is 2.16 bits per heavy atom. The molecule has 0 saturated heterocycles. The summed E-state index contributed by atoms with van der Waals surface area (Å²) in [5.41, 5.74) is 8.78. The van der Waals surface area contributed by atoms with Crippen LogP contribution in [0.1, 0.15) is 43.0 Å². The Morgan fingerprint density at radius 2 is 1.57 bits per heavy atom. The van der Waals surface area contributed by atoms with E-state index in [9.17, 15) is 14.4 Å². The molecule has 0 bridgehead atoms. The number of aryl methyl sites for hydroxylation is 1. The number of carbonyl (C=O) groups excluding carboxylic acids is 2. The van der Waals surface area contributed by atoms with Crippen LogP contribution in [0.25, 0.3) is 0 Å². The fraction of sp³-hybridized carbons (Fsp3) is 0.345. The van der Waals surface area contributed by atoms with Gasteiger partial charge in [0.2, 0.25) is 5.91 Å². The third-order valence-corrected chi connectivity index (χ3v) is 5.72. The van der Waals surface area contributed by atoms with Crippen LogP contribution in [0.5, 0.6) is 5.75 Å². The third-order valence-electron chi connectivity index (χ3n) is 5.72. The fourth-order valence-corrected chi connectivity index (χ4v) is 3.77. The highest BCUT2D eigenvalue weighted by molar-refractivity contribution is 5.95. The van der Waals surface area contributed by atoms with E-state index >= 15 is 0 Å². The molecule has 0 aliphatic rings. The van der Waals surface area contributed by atoms with Gasteiger partial charge in [-0.25, -0.2) is 0 Å². The number of amides is 1. The van der Waals surface area contributed by atoms with Crippen molar-refractivity contribution in [2.24, 2.45) is 5.73 Å². The van der Waals surface area contributed by atoms with Crippen LogP contribution in [-0.2, 0) is 33.7 Å². The lowest BCUT2D eigenvalue weighted by molar-refractivity contribution is -0.153. The Hall–Kier alpha value is -3.91. The minimum absolute atomic E-state index is 0.167. The molecule has 0 saturated carbocycles. The molecule has 0 aliphatic heterocycles. The van der Waals surface area contributed by atoms with Gasteiger partial charge in [-0.2, -0.15) is 0 Å². The standard InChI is InChI=1S/C29H35N3O5/c1-19-14-15-32(18-22-10-12-23(36-5)13-11-22)28(35)26(19)31-27(34)24(30)16-20-6-8-21(9-7-20)17-25(33)37-29(2,3)4/h6-15,24H,16-18,30H2,1-5H3,(H,31,34)/t24-/m0/s1. The van der Waals surface area contributed by atoms with Crippen LogP contribution >= 0.6 is 0 Å². The van der Waals surface area contributed by atoms with Gasteiger partial charge in [-0.15, -0.1) is 0 Å². The van der Waals surface area contributed by atoms with Crippen LogP contribution in [-0.4, -0.2) is 35.2 Å². The van der Waals surface area contributed by atoms with E-state index in [0.29, 0.717) is 12.1 Å². The number of nitrogens with zero attached hydrogens (tertiary/aromatic N) is 1. The van der Waals surface area contributed by atoms with E-state index in [1.807, 2.05) is 69.3 Å². The Kier molecular flexibility index (Phi) is 8.89. The Morgan fingerprint density at radius 1 is 0.973 bits per heavy atom. The van der Waals surface area contributed by atoms with E-state index in [0.717, 1.165) is 22.4 Å². The van der Waals surface area contributed by atoms with Crippen molar-refractivity contribution >= 4 is 17.6 Å². The van der Waals surface area contributed by atoms with Crippen molar-refractivity contribution in [2.75, 3.05) is 12.4 Å². The molecule has 0 spiro atoms. The van der Waals surface area contributed by atoms with Crippen molar-refractivity contribution in [1.82, 2.24) is 4.57 Å². The van der Waals surface area contributed by atoms with Crippen molar-refractivity contribution in [3.63, 3.8) is 0 Å². The van der Waals surface area contributed by atoms with E-state index in [2.05, 4.69) is 5.32 Å². The number of aromatic nitrogens is 1. The van der Waals surface area contributed by atoms with Gasteiger partial charge >= 0.3 is 5.97 Å². The van der Waals surface area contributed by atoms with Crippen molar-refractivity contribution in [3.8, 4) is 5.75 Å². The lowest BCUT2D eigenvalue weighted by Crippen LogP contribution is -2.39. The average Bonchev–Trinajstić information content (AvgIpc) is 2.84. The molecule has 196 valence electrons. The molecule has 8 nitrogen and oxygen atoms in total. The Balaban J connectivity index is 1.63. The number of ether oxygens (including phenoxy) is 2. The van der Waals surface area contributed by atoms with Gasteiger partial charge in [-0.3, -0.25) is 14.4 Å². The maximum absolute atomic E-state index is 13.1. The first-order valence-electron chi connectivity index (χ1n) is 12.1. The summed E-state index contributed by atoms with van der Waals surface area (Å²) in [6.07, 6.45) is 2.15. The maximum atomic E-state index is 13.1. The number of esters is 1. The van der Waals surface area contributed by atoms with Crippen molar-refractivity contribution < 1.29 is 19.1 Å². The molecule has 1 amide bonds. The summed E-state index contributed by atoms with van der Waals surface area (Å²) in [6.45, 7) is 7.60. The first kappa shape index (κ1) is 27.7. The van der Waals surface area contributed by atoms with Crippen LogP contribution in [0.2, 0.25) is 0 Å². The summed E-state index contributed by atoms with van der Waals surface area (Å²) in [7, 11) is 1.60. The van der Waals surface area contributed by atoms with Gasteiger partial charge in [-0.1, -0.05) is 36.4 Å². The number of anilines is 1. The maximum Gasteiger partial charge on any atom is 0.310 e. The van der Waals surface area contributed by atoms with Crippen LogP contribution in [0.4, 0.5) is 5.69 Å². The van der Waals surface area contributed by atoms with E-state index in [1.165, 1.54) is 0 Å². The average molecular weight is 506 g/mol. The second kappa shape index (κ2) is 11.9. The monoisotopic (exact) mass is 505 g/mol. The largest absolute Gasteiger partial charge is 0.497 e. The molecule has 3 N–H and O–H groups in total. The molecule has 1 aromatic heterocycles. The minimum atomic E-state index is -0.856. The summed E-state index contributed by atoms with van der Waals surface area (Å²) >= 11 is 0. The molecule has 1 atom stereocenters. The van der Waals surface area contributed by atoms with Crippen LogP contribution in [0.3, 0.4) is 0 Å². The van der Waals surface area contributed by atoms with Gasteiger partial charge in [0.25, 0.3) is 5.56 Å². The first-order chi connectivity index (χ1) is 17.4. The zero-order valence-electron chi connectivity index (χ0n) is 22.0. The number of nitrogens with two attached hydrogens (primary N) is 1. The number of pyridine rings is 1. The molecule has 0 aliphatic carbocycles. The lowest BCUT2D eigenvalue weighted by Gasteiger charge is -2.19. The fourth-order valence-electron chi connectivity index (χ4n) is 3.77. The highest BCUT2D eigenvalue weighted by Crippen LogP contribution is 2.15. The zero-order valence-corrected chi connectivity index (χ0v) is 22.0. The number of carbonyl (C=O) groups is 2. The molecule has 0 fully saturated rings. The van der Waals surface area contributed by atoms with Gasteiger partial charge in [-0.05, 0) is 74.6 Å². The second-order valence-corrected chi connectivity index (χ2v) is 10.0. The van der Waals surface area contributed by atoms with Gasteiger partial charge < -0.3 is 25.1 Å². The van der Waals surface area contributed by atoms with Crippen LogP contribution in [0.15, 0.2) is 65.6 Å². The molecule has 37 heavy (non-hydrogen) atoms. The quantitative estimate of drug-likeness (QED) is 0.430. The molecule has 3 aromatic rings. The van der Waals surface area contributed by atoms with Crippen molar-refractivity contribution in [3.05, 3.63) is 93.4 Å². The summed E-state index contributed by atoms with van der Waals surface area (Å²) in [5.74, 6) is -0.00735.